The Bertz CT molecular complexity index is 636. The van der Waals surface area contributed by atoms with Gasteiger partial charge in [-0.2, -0.15) is 0 Å². The van der Waals surface area contributed by atoms with Crippen molar-refractivity contribution in [2.24, 2.45) is 0 Å². The van der Waals surface area contributed by atoms with Crippen LogP contribution in [0, 0.1) is 0 Å². The van der Waals surface area contributed by atoms with Crippen molar-refractivity contribution in [1.82, 2.24) is 14.7 Å². The molecule has 0 unspecified atom stereocenters. The molecule has 9 heteroatoms. The number of nitrogens with zero attached hydrogens (tertiary/aromatic N) is 2. The van der Waals surface area contributed by atoms with Gasteiger partial charge in [0.2, 0.25) is 5.88 Å². The number of aromatic nitrogens is 2. The monoisotopic (exact) mass is 329 g/mol. The summed E-state index contributed by atoms with van der Waals surface area (Å²) in [6.07, 6.45) is 1.59. The minimum absolute atomic E-state index is 0.0106. The van der Waals surface area contributed by atoms with Gasteiger partial charge in [-0.1, -0.05) is 17.8 Å². The Hall–Kier alpha value is -1.71. The number of benzene rings is 1. The standard InChI is InChI=1S/C12H12FN3O3S2/c13-7-21-10-3-1-2-8(12(17)15-18)9(10)6-19-11-4-5-16(20)14-11/h1-5,18,20H,6-7H2,(H,15,17). The number of alkyl halides is 1. The largest absolute Gasteiger partial charge is 0.472 e. The molecule has 0 aliphatic rings. The molecule has 0 saturated carbocycles. The highest BCUT2D eigenvalue weighted by molar-refractivity contribution is 7.99. The molecular weight excluding hydrogens is 317 g/mol. The van der Waals surface area contributed by atoms with Gasteiger partial charge in [0.15, 0.2) is 0 Å². The Morgan fingerprint density at radius 1 is 1.52 bits per heavy atom. The third-order valence-electron chi connectivity index (χ3n) is 2.61. The van der Waals surface area contributed by atoms with E-state index in [1.807, 2.05) is 0 Å². The van der Waals surface area contributed by atoms with Crippen LogP contribution < -0.4 is 10.2 Å². The summed E-state index contributed by atoms with van der Waals surface area (Å²) in [6, 6.07) is 5.76. The lowest BCUT2D eigenvalue weighted by Crippen LogP contribution is -2.21. The Labute approximate surface area is 129 Å². The number of nitrogens with one attached hydrogen (secondary N) is 1. The maximum atomic E-state index is 12.6. The van der Waals surface area contributed by atoms with E-state index in [2.05, 4.69) is 17.9 Å². The smallest absolute Gasteiger partial charge is 0.275 e. The van der Waals surface area contributed by atoms with Crippen molar-refractivity contribution in [3.8, 4) is 5.88 Å². The number of amides is 1. The second-order valence-corrected chi connectivity index (χ2v) is 5.20. The second-order valence-electron chi connectivity index (χ2n) is 3.84. The van der Waals surface area contributed by atoms with Crippen LogP contribution in [0.3, 0.4) is 0 Å². The van der Waals surface area contributed by atoms with Gasteiger partial charge in [-0.3, -0.25) is 10.0 Å². The molecule has 1 aromatic carbocycles. The van der Waals surface area contributed by atoms with Gasteiger partial charge in [-0.05, 0) is 24.9 Å². The van der Waals surface area contributed by atoms with Crippen LogP contribution >= 0.6 is 24.6 Å². The molecule has 6 nitrogen and oxygen atoms in total. The lowest BCUT2D eigenvalue weighted by atomic mass is 10.1. The first-order chi connectivity index (χ1) is 10.2. The third-order valence-corrected chi connectivity index (χ3v) is 3.63. The SMILES string of the molecule is O=C(NO)c1cccc(SCF)c1COc1ccn(S)n1. The van der Waals surface area contributed by atoms with Crippen LogP contribution in [0.5, 0.6) is 5.88 Å². The lowest BCUT2D eigenvalue weighted by Gasteiger charge is -2.12. The van der Waals surface area contributed by atoms with Gasteiger partial charge in [-0.25, -0.2) is 14.0 Å². The summed E-state index contributed by atoms with van der Waals surface area (Å²) in [5.41, 5.74) is 2.25. The molecule has 2 N–H and O–H groups in total. The summed E-state index contributed by atoms with van der Waals surface area (Å²) >= 11 is 4.92. The molecule has 1 heterocycles. The Balaban J connectivity index is 2.27. The number of ether oxygens (including phenoxy) is 1. The van der Waals surface area contributed by atoms with E-state index >= 15 is 0 Å². The van der Waals surface area contributed by atoms with Gasteiger partial charge in [0.25, 0.3) is 5.91 Å². The summed E-state index contributed by atoms with van der Waals surface area (Å²) in [5.74, 6) is -0.366. The Kier molecular flexibility index (Phi) is 5.48. The summed E-state index contributed by atoms with van der Waals surface area (Å²) in [4.78, 5) is 12.2. The first kappa shape index (κ1) is 15.7. The van der Waals surface area contributed by atoms with E-state index in [0.717, 1.165) is 11.8 Å². The van der Waals surface area contributed by atoms with Crippen molar-refractivity contribution in [2.75, 3.05) is 6.01 Å². The summed E-state index contributed by atoms with van der Waals surface area (Å²) in [5, 5.41) is 12.7. The fourth-order valence-corrected chi connectivity index (χ4v) is 2.49. The zero-order valence-electron chi connectivity index (χ0n) is 10.7. The maximum Gasteiger partial charge on any atom is 0.275 e. The molecule has 21 heavy (non-hydrogen) atoms. The molecule has 0 radical (unpaired) electrons. The van der Waals surface area contributed by atoms with Crippen molar-refractivity contribution in [1.29, 1.82) is 0 Å². The molecule has 2 rings (SSSR count). The van der Waals surface area contributed by atoms with E-state index in [0.29, 0.717) is 16.3 Å². The molecule has 0 aliphatic carbocycles. The average molecular weight is 329 g/mol. The van der Waals surface area contributed by atoms with Crippen LogP contribution in [0.1, 0.15) is 15.9 Å². The second kappa shape index (κ2) is 7.34. The minimum Gasteiger partial charge on any atom is -0.472 e. The summed E-state index contributed by atoms with van der Waals surface area (Å²) in [6.45, 7) is 0.0106. The topological polar surface area (TPSA) is 76.4 Å². The molecule has 0 aliphatic heterocycles. The fourth-order valence-electron chi connectivity index (χ4n) is 1.70. The van der Waals surface area contributed by atoms with Gasteiger partial charge < -0.3 is 4.74 Å². The minimum atomic E-state index is -0.686. The van der Waals surface area contributed by atoms with E-state index in [9.17, 15) is 9.18 Å². The average Bonchev–Trinajstić information content (AvgIpc) is 2.91. The molecule has 112 valence electrons. The molecule has 1 amide bonds. The van der Waals surface area contributed by atoms with Crippen LogP contribution in [-0.2, 0) is 6.61 Å². The van der Waals surface area contributed by atoms with Gasteiger partial charge in [0, 0.05) is 28.3 Å². The number of rotatable bonds is 6. The number of hydroxylamine groups is 1. The van der Waals surface area contributed by atoms with Crippen molar-refractivity contribution in [3.63, 3.8) is 0 Å². The number of carbonyl (C=O) groups excluding carboxylic acids is 1. The highest BCUT2D eigenvalue weighted by Crippen LogP contribution is 2.27. The van der Waals surface area contributed by atoms with Crippen molar-refractivity contribution in [2.45, 2.75) is 11.5 Å². The normalized spacial score (nSPS) is 10.4. The van der Waals surface area contributed by atoms with E-state index in [4.69, 9.17) is 9.94 Å². The molecular formula is C12H12FN3O3S2. The number of carbonyl (C=O) groups is 1. The van der Waals surface area contributed by atoms with Gasteiger partial charge in [0.1, 0.15) is 12.6 Å². The van der Waals surface area contributed by atoms with E-state index in [1.54, 1.807) is 29.9 Å². The molecule has 0 spiro atoms. The first-order valence-corrected chi connectivity index (χ1v) is 7.17. The zero-order valence-corrected chi connectivity index (χ0v) is 12.4. The van der Waals surface area contributed by atoms with Crippen molar-refractivity contribution in [3.05, 3.63) is 41.6 Å². The van der Waals surface area contributed by atoms with Crippen molar-refractivity contribution < 1.29 is 19.1 Å². The molecule has 0 saturated heterocycles. The Morgan fingerprint density at radius 2 is 2.33 bits per heavy atom. The molecule has 0 bridgehead atoms. The third kappa shape index (κ3) is 3.90. The molecule has 2 aromatic rings. The van der Waals surface area contributed by atoms with Gasteiger partial charge in [0.05, 0.1) is 0 Å². The molecule has 1 aromatic heterocycles. The highest BCUT2D eigenvalue weighted by Gasteiger charge is 2.16. The van der Waals surface area contributed by atoms with E-state index in [1.165, 1.54) is 10.2 Å². The molecule has 0 atom stereocenters. The number of hydrogen-bond acceptors (Lipinski definition) is 6. The highest BCUT2D eigenvalue weighted by atomic mass is 32.2. The number of hydrogen-bond donors (Lipinski definition) is 3. The number of thioether (sulfide) groups is 1. The van der Waals surface area contributed by atoms with E-state index < -0.39 is 11.9 Å². The van der Waals surface area contributed by atoms with E-state index in [-0.39, 0.29) is 12.2 Å². The predicted octanol–water partition coefficient (Wildman–Crippen LogP) is 2.29. The van der Waals surface area contributed by atoms with Crippen LogP contribution in [-0.4, -0.2) is 26.3 Å². The fraction of sp³-hybridized carbons (Fsp3) is 0.167. The quantitative estimate of drug-likeness (QED) is 0.328. The number of halogens is 1. The van der Waals surface area contributed by atoms with Crippen LogP contribution in [0.4, 0.5) is 4.39 Å². The lowest BCUT2D eigenvalue weighted by molar-refractivity contribution is 0.0703. The summed E-state index contributed by atoms with van der Waals surface area (Å²) in [7, 11) is 0. The zero-order chi connectivity index (χ0) is 15.2. The number of thiol groups is 1. The molecule has 0 fully saturated rings. The maximum absolute atomic E-state index is 12.6. The summed E-state index contributed by atoms with van der Waals surface area (Å²) < 4.78 is 19.3. The van der Waals surface area contributed by atoms with Gasteiger partial charge in [-0.15, -0.1) is 5.10 Å². The predicted molar refractivity (Wildman–Crippen MR) is 78.5 cm³/mol. The first-order valence-electron chi connectivity index (χ1n) is 5.78. The Morgan fingerprint density at radius 3 is 2.95 bits per heavy atom. The van der Waals surface area contributed by atoms with Crippen LogP contribution in [0.25, 0.3) is 0 Å². The van der Waals surface area contributed by atoms with Gasteiger partial charge >= 0.3 is 0 Å². The van der Waals surface area contributed by atoms with Crippen molar-refractivity contribution >= 4 is 30.5 Å². The van der Waals surface area contributed by atoms with Crippen LogP contribution in [0.15, 0.2) is 35.4 Å². The van der Waals surface area contributed by atoms with Crippen LogP contribution in [0.2, 0.25) is 0 Å².